The average Bonchev–Trinajstić information content (AvgIpc) is 2.73. The Morgan fingerprint density at radius 2 is 1.81 bits per heavy atom. The van der Waals surface area contributed by atoms with Crippen LogP contribution in [0, 0.1) is 5.82 Å². The van der Waals surface area contributed by atoms with Crippen molar-refractivity contribution in [3.05, 3.63) is 65.4 Å². The Bertz CT molecular complexity index is 1310. The van der Waals surface area contributed by atoms with Crippen LogP contribution in [0.25, 0.3) is 11.4 Å². The van der Waals surface area contributed by atoms with E-state index in [0.717, 1.165) is 12.4 Å². The van der Waals surface area contributed by atoms with E-state index in [1.807, 2.05) is 0 Å². The van der Waals surface area contributed by atoms with E-state index in [1.54, 1.807) is 0 Å². The van der Waals surface area contributed by atoms with E-state index in [0.29, 0.717) is 36.2 Å². The van der Waals surface area contributed by atoms with Crippen LogP contribution in [0.1, 0.15) is 21.5 Å². The molecular formula is C19H12F4N4O3S. The highest BCUT2D eigenvalue weighted by molar-refractivity contribution is 7.91. The van der Waals surface area contributed by atoms with Crippen molar-refractivity contribution in [2.75, 3.05) is 6.54 Å². The van der Waals surface area contributed by atoms with E-state index in [9.17, 15) is 30.8 Å². The number of benzene rings is 1. The van der Waals surface area contributed by atoms with Gasteiger partial charge in [0, 0.05) is 24.4 Å². The number of carbonyl (C=O) groups is 1. The van der Waals surface area contributed by atoms with E-state index in [2.05, 4.69) is 20.3 Å². The van der Waals surface area contributed by atoms with Crippen molar-refractivity contribution < 1.29 is 30.8 Å². The lowest BCUT2D eigenvalue weighted by Gasteiger charge is -2.18. The van der Waals surface area contributed by atoms with Gasteiger partial charge in [0.1, 0.15) is 12.1 Å². The second-order valence-electron chi connectivity index (χ2n) is 6.61. The number of amides is 1. The first-order valence-electron chi connectivity index (χ1n) is 8.79. The third-order valence-corrected chi connectivity index (χ3v) is 6.26. The standard InChI is InChI=1S/C19H12F4N4O3S/c20-11-5-10(19(21,22)23)6-12(7-11)31(29,30)16-8-15(26-9-27-16)17-13-1-4-25-18(28)14(13)2-3-24-17/h2-3,5-9H,1,4H2,(H,25,28). The molecule has 0 aliphatic carbocycles. The highest BCUT2D eigenvalue weighted by Crippen LogP contribution is 2.33. The smallest absolute Gasteiger partial charge is 0.352 e. The van der Waals surface area contributed by atoms with Crippen molar-refractivity contribution >= 4 is 15.7 Å². The number of hydrogen-bond donors (Lipinski definition) is 1. The minimum absolute atomic E-state index is 0.0626. The van der Waals surface area contributed by atoms with E-state index in [1.165, 1.54) is 12.3 Å². The van der Waals surface area contributed by atoms with Crippen molar-refractivity contribution in [2.24, 2.45) is 0 Å². The van der Waals surface area contributed by atoms with E-state index >= 15 is 0 Å². The molecule has 1 aliphatic rings. The molecule has 3 heterocycles. The summed E-state index contributed by atoms with van der Waals surface area (Å²) in [4.78, 5) is 23.0. The highest BCUT2D eigenvalue weighted by atomic mass is 32.2. The minimum atomic E-state index is -4.93. The Morgan fingerprint density at radius 1 is 1.03 bits per heavy atom. The molecule has 1 aromatic carbocycles. The lowest BCUT2D eigenvalue weighted by Crippen LogP contribution is -2.32. The van der Waals surface area contributed by atoms with Crippen molar-refractivity contribution in [1.82, 2.24) is 20.3 Å². The van der Waals surface area contributed by atoms with Gasteiger partial charge < -0.3 is 5.32 Å². The summed E-state index contributed by atoms with van der Waals surface area (Å²) in [7, 11) is -4.60. The molecule has 31 heavy (non-hydrogen) atoms. The Hall–Kier alpha value is -3.41. The fraction of sp³-hybridized carbons (Fsp3) is 0.158. The Labute approximate surface area is 173 Å². The molecule has 0 spiro atoms. The summed E-state index contributed by atoms with van der Waals surface area (Å²) in [6.45, 7) is 0.351. The zero-order valence-corrected chi connectivity index (χ0v) is 16.3. The van der Waals surface area contributed by atoms with Gasteiger partial charge in [-0.1, -0.05) is 0 Å². The molecule has 0 bridgehead atoms. The van der Waals surface area contributed by atoms with Gasteiger partial charge in [0.2, 0.25) is 9.84 Å². The molecule has 3 aromatic rings. The lowest BCUT2D eigenvalue weighted by molar-refractivity contribution is -0.137. The number of rotatable bonds is 3. The van der Waals surface area contributed by atoms with Gasteiger partial charge in [-0.05, 0) is 36.2 Å². The SMILES string of the molecule is O=C1NCCc2c1ccnc2-c1cc(S(=O)(=O)c2cc(F)cc(C(F)(F)F)c2)ncn1. The van der Waals surface area contributed by atoms with Crippen LogP contribution in [0.2, 0.25) is 0 Å². The fourth-order valence-electron chi connectivity index (χ4n) is 3.19. The fourth-order valence-corrected chi connectivity index (χ4v) is 4.44. The van der Waals surface area contributed by atoms with Gasteiger partial charge in [-0.2, -0.15) is 13.2 Å². The van der Waals surface area contributed by atoms with Crippen molar-refractivity contribution in [1.29, 1.82) is 0 Å². The Morgan fingerprint density at radius 3 is 2.55 bits per heavy atom. The maximum Gasteiger partial charge on any atom is 0.416 e. The van der Waals surface area contributed by atoms with Crippen LogP contribution in [0.15, 0.2) is 52.8 Å². The number of nitrogens with one attached hydrogen (secondary N) is 1. The molecule has 4 rings (SSSR count). The number of hydrogen-bond acceptors (Lipinski definition) is 6. The van der Waals surface area contributed by atoms with Gasteiger partial charge in [0.25, 0.3) is 5.91 Å². The van der Waals surface area contributed by atoms with Crippen molar-refractivity contribution in [3.8, 4) is 11.4 Å². The number of fused-ring (bicyclic) bond motifs is 1. The van der Waals surface area contributed by atoms with Crippen LogP contribution >= 0.6 is 0 Å². The number of alkyl halides is 3. The largest absolute Gasteiger partial charge is 0.416 e. The van der Waals surface area contributed by atoms with Crippen LogP contribution in [0.3, 0.4) is 0 Å². The summed E-state index contributed by atoms with van der Waals surface area (Å²) in [6.07, 6.45) is -2.24. The van der Waals surface area contributed by atoms with E-state index < -0.39 is 37.3 Å². The number of halogens is 4. The molecule has 1 N–H and O–H groups in total. The summed E-state index contributed by atoms with van der Waals surface area (Å²) in [6, 6.07) is 3.57. The van der Waals surface area contributed by atoms with Crippen LogP contribution in [0.4, 0.5) is 17.6 Å². The summed E-state index contributed by atoms with van der Waals surface area (Å²) >= 11 is 0. The molecule has 1 amide bonds. The van der Waals surface area contributed by atoms with Crippen LogP contribution in [-0.2, 0) is 22.4 Å². The zero-order chi connectivity index (χ0) is 22.4. The van der Waals surface area contributed by atoms with Gasteiger partial charge in [0.15, 0.2) is 5.03 Å². The second kappa shape index (κ2) is 7.38. The Balaban J connectivity index is 1.82. The predicted octanol–water partition coefficient (Wildman–Crippen LogP) is 2.82. The summed E-state index contributed by atoms with van der Waals surface area (Å²) < 4.78 is 78.5. The van der Waals surface area contributed by atoms with Crippen molar-refractivity contribution in [3.63, 3.8) is 0 Å². The van der Waals surface area contributed by atoms with E-state index in [-0.39, 0.29) is 23.4 Å². The number of pyridine rings is 1. The van der Waals surface area contributed by atoms with Crippen LogP contribution < -0.4 is 5.32 Å². The molecule has 0 atom stereocenters. The number of aromatic nitrogens is 3. The molecule has 160 valence electrons. The molecule has 0 unspecified atom stereocenters. The van der Waals surface area contributed by atoms with Gasteiger partial charge in [0.05, 0.1) is 21.8 Å². The average molecular weight is 452 g/mol. The predicted molar refractivity (Wildman–Crippen MR) is 98.2 cm³/mol. The van der Waals surface area contributed by atoms with Crippen LogP contribution in [-0.4, -0.2) is 35.8 Å². The molecule has 7 nitrogen and oxygen atoms in total. The maximum atomic E-state index is 13.7. The van der Waals surface area contributed by atoms with Crippen LogP contribution in [0.5, 0.6) is 0 Å². The first kappa shape index (κ1) is 20.8. The normalized spacial score (nSPS) is 14.1. The van der Waals surface area contributed by atoms with Gasteiger partial charge in [-0.15, -0.1) is 0 Å². The van der Waals surface area contributed by atoms with E-state index in [4.69, 9.17) is 0 Å². The third kappa shape index (κ3) is 3.85. The van der Waals surface area contributed by atoms with Crippen molar-refractivity contribution in [2.45, 2.75) is 22.5 Å². The molecular weight excluding hydrogens is 440 g/mol. The summed E-state index contributed by atoms with van der Waals surface area (Å²) in [5.41, 5.74) is -0.211. The molecule has 0 saturated carbocycles. The summed E-state index contributed by atoms with van der Waals surface area (Å²) in [5.74, 6) is -1.67. The molecule has 1 aliphatic heterocycles. The zero-order valence-electron chi connectivity index (χ0n) is 15.4. The maximum absolute atomic E-state index is 13.7. The molecule has 0 fully saturated rings. The van der Waals surface area contributed by atoms with Gasteiger partial charge in [-0.3, -0.25) is 9.78 Å². The minimum Gasteiger partial charge on any atom is -0.352 e. The molecule has 12 heteroatoms. The Kier molecular flexibility index (Phi) is 4.96. The molecule has 0 radical (unpaired) electrons. The monoisotopic (exact) mass is 452 g/mol. The third-order valence-electron chi connectivity index (χ3n) is 4.63. The quantitative estimate of drug-likeness (QED) is 0.485. The number of carbonyl (C=O) groups excluding carboxylic acids is 1. The molecule has 2 aromatic heterocycles. The number of sulfone groups is 1. The highest BCUT2D eigenvalue weighted by Gasteiger charge is 2.33. The first-order valence-corrected chi connectivity index (χ1v) is 10.3. The van der Waals surface area contributed by atoms with Gasteiger partial charge >= 0.3 is 6.18 Å². The summed E-state index contributed by atoms with van der Waals surface area (Å²) in [5, 5.41) is 2.05. The molecule has 0 saturated heterocycles. The topological polar surface area (TPSA) is 102 Å². The lowest BCUT2D eigenvalue weighted by atomic mass is 9.98. The van der Waals surface area contributed by atoms with Gasteiger partial charge in [-0.25, -0.2) is 22.8 Å². The second-order valence-corrected chi connectivity index (χ2v) is 8.51. The number of nitrogens with zero attached hydrogens (tertiary/aromatic N) is 3. The first-order chi connectivity index (χ1) is 14.6.